The molecule has 1 heterocycles. The van der Waals surface area contributed by atoms with Gasteiger partial charge in [-0.1, -0.05) is 12.1 Å². The van der Waals surface area contributed by atoms with Crippen LogP contribution in [0.25, 0.3) is 10.4 Å². The van der Waals surface area contributed by atoms with E-state index in [4.69, 9.17) is 9.72 Å². The number of nitrogens with one attached hydrogen (secondary N) is 2. The zero-order chi connectivity index (χ0) is 26.7. The number of ether oxygens (including phenoxy) is 1. The van der Waals surface area contributed by atoms with Crippen LogP contribution in [0.2, 0.25) is 0 Å². The molecular weight excluding hydrogens is 515 g/mol. The van der Waals surface area contributed by atoms with Crippen LogP contribution in [0.15, 0.2) is 42.6 Å². The Morgan fingerprint density at radius 2 is 1.68 bits per heavy atom. The number of nitrogens with zero attached hydrogens (tertiary/aromatic N) is 1. The van der Waals surface area contributed by atoms with E-state index in [0.29, 0.717) is 17.5 Å². The van der Waals surface area contributed by atoms with Crippen molar-refractivity contribution in [2.75, 3.05) is 17.7 Å². The van der Waals surface area contributed by atoms with Crippen molar-refractivity contribution in [2.24, 2.45) is 17.3 Å². The Morgan fingerprint density at radius 1 is 0.974 bits per heavy atom. The first-order chi connectivity index (χ1) is 18.2. The second-order valence-corrected chi connectivity index (χ2v) is 12.0. The molecule has 2 amide bonds. The first-order valence-electron chi connectivity index (χ1n) is 12.6. The summed E-state index contributed by atoms with van der Waals surface area (Å²) in [6.45, 7) is 0. The van der Waals surface area contributed by atoms with Crippen LogP contribution in [0.4, 0.5) is 29.3 Å². The van der Waals surface area contributed by atoms with E-state index in [9.17, 15) is 22.8 Å². The summed E-state index contributed by atoms with van der Waals surface area (Å²) in [6, 6.07) is 8.00. The Balaban J connectivity index is 1.16. The van der Waals surface area contributed by atoms with Gasteiger partial charge in [0.2, 0.25) is 0 Å². The fourth-order valence-corrected chi connectivity index (χ4v) is 8.37. The van der Waals surface area contributed by atoms with Gasteiger partial charge in [0.25, 0.3) is 0 Å². The van der Waals surface area contributed by atoms with Gasteiger partial charge >= 0.3 is 12.0 Å². The number of aromatic nitrogens is 1. The van der Waals surface area contributed by atoms with Gasteiger partial charge in [-0.15, -0.1) is 11.3 Å². The highest BCUT2D eigenvalue weighted by atomic mass is 32.1. The van der Waals surface area contributed by atoms with Gasteiger partial charge < -0.3 is 15.4 Å². The van der Waals surface area contributed by atoms with Crippen molar-refractivity contribution in [3.63, 3.8) is 0 Å². The number of rotatable bonds is 5. The van der Waals surface area contributed by atoms with Crippen molar-refractivity contribution in [2.45, 2.75) is 43.9 Å². The molecule has 1 aromatic heterocycles. The Morgan fingerprint density at radius 3 is 2.37 bits per heavy atom. The minimum atomic E-state index is -1.65. The number of hydrogen-bond donors (Lipinski definition) is 2. The molecule has 198 valence electrons. The van der Waals surface area contributed by atoms with Crippen LogP contribution in [0, 0.1) is 34.7 Å². The van der Waals surface area contributed by atoms with Crippen LogP contribution in [0.1, 0.15) is 43.5 Å². The van der Waals surface area contributed by atoms with Gasteiger partial charge in [-0.25, -0.2) is 22.9 Å². The summed E-state index contributed by atoms with van der Waals surface area (Å²) in [5, 5.41) is 5.81. The highest BCUT2D eigenvalue weighted by molar-refractivity contribution is 7.15. The third-order valence-corrected chi connectivity index (χ3v) is 9.64. The fourth-order valence-electron chi connectivity index (χ4n) is 7.25. The lowest BCUT2D eigenvalue weighted by Crippen LogP contribution is -2.57. The van der Waals surface area contributed by atoms with E-state index in [-0.39, 0.29) is 16.8 Å². The first kappa shape index (κ1) is 24.9. The summed E-state index contributed by atoms with van der Waals surface area (Å²) in [4.78, 5) is 30.9. The Bertz CT molecular complexity index is 1410. The molecule has 4 saturated carbocycles. The maximum absolute atomic E-state index is 13.8. The van der Waals surface area contributed by atoms with Crippen molar-refractivity contribution in [3.8, 4) is 10.4 Å². The largest absolute Gasteiger partial charge is 0.469 e. The highest BCUT2D eigenvalue weighted by Crippen LogP contribution is 2.66. The average molecular weight is 542 g/mol. The van der Waals surface area contributed by atoms with E-state index in [1.165, 1.54) is 13.5 Å². The molecule has 0 saturated heterocycles. The summed E-state index contributed by atoms with van der Waals surface area (Å²) in [5.74, 6) is -3.47. The number of anilines is 2. The van der Waals surface area contributed by atoms with Crippen molar-refractivity contribution in [1.29, 1.82) is 0 Å². The van der Waals surface area contributed by atoms with Crippen LogP contribution >= 0.6 is 11.3 Å². The molecule has 0 spiro atoms. The molecule has 2 unspecified atom stereocenters. The standard InChI is InChI=1S/C28H26F3N3O3S/c1-37-25(35)28-11-15-8-16(12-28)10-27(9-15,14-28)24-32-13-21(38-24)17-2-4-18(5-3-17)33-26(36)34-20-7-6-19(29)22(30)23(20)31/h2-7,13,15-16H,8-12,14H2,1H3,(H2,33,34,36). The number of amides is 2. The lowest BCUT2D eigenvalue weighted by Gasteiger charge is -2.60. The summed E-state index contributed by atoms with van der Waals surface area (Å²) < 4.78 is 45.6. The normalized spacial score (nSPS) is 27.3. The van der Waals surface area contributed by atoms with Gasteiger partial charge in [0.1, 0.15) is 0 Å². The second-order valence-electron chi connectivity index (χ2n) is 10.9. The molecule has 4 bridgehead atoms. The SMILES string of the molecule is COC(=O)C12CC3CC(C1)CC(c1ncc(-c4ccc(NC(=O)Nc5ccc(F)c(F)c5F)cc4)s1)(C3)C2. The molecule has 38 heavy (non-hydrogen) atoms. The van der Waals surface area contributed by atoms with E-state index < -0.39 is 29.2 Å². The van der Waals surface area contributed by atoms with Crippen molar-refractivity contribution in [1.82, 2.24) is 4.98 Å². The van der Waals surface area contributed by atoms with Gasteiger partial charge in [0.15, 0.2) is 17.5 Å². The molecule has 2 aromatic carbocycles. The van der Waals surface area contributed by atoms with Crippen LogP contribution in [-0.2, 0) is 14.9 Å². The zero-order valence-electron chi connectivity index (χ0n) is 20.7. The molecule has 2 atom stereocenters. The summed E-state index contributed by atoms with van der Waals surface area (Å²) in [7, 11) is 1.48. The van der Waals surface area contributed by atoms with Crippen molar-refractivity contribution in [3.05, 3.63) is 65.1 Å². The Labute approximate surface area is 221 Å². The number of esters is 1. The Hall–Kier alpha value is -3.40. The minimum absolute atomic E-state index is 0.0767. The van der Waals surface area contributed by atoms with Gasteiger partial charge in [0, 0.05) is 17.3 Å². The smallest absolute Gasteiger partial charge is 0.323 e. The molecule has 0 radical (unpaired) electrons. The summed E-state index contributed by atoms with van der Waals surface area (Å²) >= 11 is 1.65. The quantitative estimate of drug-likeness (QED) is 0.273. The van der Waals surface area contributed by atoms with Crippen molar-refractivity contribution >= 4 is 34.7 Å². The molecule has 4 aliphatic carbocycles. The third kappa shape index (κ3) is 4.15. The van der Waals surface area contributed by atoms with E-state index in [2.05, 4.69) is 10.6 Å². The topological polar surface area (TPSA) is 80.3 Å². The van der Waals surface area contributed by atoms with E-state index in [1.54, 1.807) is 23.5 Å². The maximum atomic E-state index is 13.8. The fraction of sp³-hybridized carbons (Fsp3) is 0.393. The van der Waals surface area contributed by atoms with E-state index >= 15 is 0 Å². The number of halogens is 3. The monoisotopic (exact) mass is 541 g/mol. The average Bonchev–Trinajstić information content (AvgIpc) is 3.40. The molecule has 6 nitrogen and oxygen atoms in total. The first-order valence-corrected chi connectivity index (χ1v) is 13.4. The van der Waals surface area contributed by atoms with Crippen molar-refractivity contribution < 1.29 is 27.5 Å². The second kappa shape index (κ2) is 9.11. The van der Waals surface area contributed by atoms with Crippen LogP contribution < -0.4 is 10.6 Å². The summed E-state index contributed by atoms with van der Waals surface area (Å²) in [6.07, 6.45) is 7.80. The van der Waals surface area contributed by atoms with Crippen LogP contribution in [-0.4, -0.2) is 24.1 Å². The molecular formula is C28H26F3N3O3S. The molecule has 4 fully saturated rings. The number of methoxy groups -OCH3 is 1. The molecule has 0 aliphatic heterocycles. The number of hydrogen-bond acceptors (Lipinski definition) is 5. The number of carbonyl (C=O) groups is 2. The molecule has 2 N–H and O–H groups in total. The van der Waals surface area contributed by atoms with Crippen LogP contribution in [0.3, 0.4) is 0 Å². The maximum Gasteiger partial charge on any atom is 0.323 e. The van der Waals surface area contributed by atoms with Gasteiger partial charge in [0.05, 0.1) is 28.1 Å². The van der Waals surface area contributed by atoms with E-state index in [0.717, 1.165) is 59.7 Å². The Kier molecular flexibility index (Phi) is 5.97. The van der Waals surface area contributed by atoms with E-state index in [1.807, 2.05) is 18.3 Å². The molecule has 4 aliphatic rings. The summed E-state index contributed by atoms with van der Waals surface area (Å²) in [5.41, 5.74) is 0.435. The molecule has 3 aromatic rings. The van der Waals surface area contributed by atoms with Gasteiger partial charge in [-0.3, -0.25) is 4.79 Å². The molecule has 10 heteroatoms. The number of urea groups is 1. The highest BCUT2D eigenvalue weighted by Gasteiger charge is 2.62. The van der Waals surface area contributed by atoms with Gasteiger partial charge in [-0.05, 0) is 80.2 Å². The number of benzene rings is 2. The zero-order valence-corrected chi connectivity index (χ0v) is 21.5. The third-order valence-electron chi connectivity index (χ3n) is 8.35. The minimum Gasteiger partial charge on any atom is -0.469 e. The number of carbonyl (C=O) groups excluding carboxylic acids is 2. The predicted octanol–water partition coefficient (Wildman–Crippen LogP) is 6.88. The van der Waals surface area contributed by atoms with Crippen LogP contribution in [0.5, 0.6) is 0 Å². The lowest BCUT2D eigenvalue weighted by molar-refractivity contribution is -0.171. The number of thiazole rings is 1. The predicted molar refractivity (Wildman–Crippen MR) is 137 cm³/mol. The lowest BCUT2D eigenvalue weighted by atomic mass is 9.44. The van der Waals surface area contributed by atoms with Gasteiger partial charge in [-0.2, -0.15) is 0 Å². The molecule has 7 rings (SSSR count).